The highest BCUT2D eigenvalue weighted by Gasteiger charge is 2.32. The molecule has 1 fully saturated rings. The first-order valence-electron chi connectivity index (χ1n) is 7.45. The summed E-state index contributed by atoms with van der Waals surface area (Å²) >= 11 is 0. The summed E-state index contributed by atoms with van der Waals surface area (Å²) in [6.07, 6.45) is 0.405. The largest absolute Gasteiger partial charge is 0.356 e. The van der Waals surface area contributed by atoms with Crippen LogP contribution in [0.1, 0.15) is 6.42 Å². The Morgan fingerprint density at radius 2 is 1.52 bits per heavy atom. The number of nitrogens with one attached hydrogen (secondary N) is 2. The highest BCUT2D eigenvalue weighted by molar-refractivity contribution is 7.91. The first-order valence-corrected chi connectivity index (χ1v) is 9.27. The van der Waals surface area contributed by atoms with E-state index in [1.807, 2.05) is 42.5 Å². The van der Waals surface area contributed by atoms with Crippen LogP contribution in [0.15, 0.2) is 54.6 Å². The van der Waals surface area contributed by atoms with Crippen molar-refractivity contribution >= 4 is 32.8 Å². The van der Waals surface area contributed by atoms with Crippen LogP contribution in [0.3, 0.4) is 0 Å². The molecular weight excluding hydrogens is 312 g/mol. The van der Waals surface area contributed by atoms with Crippen LogP contribution in [0.25, 0.3) is 0 Å². The normalized spacial score (nSPS) is 19.2. The number of anilines is 3. The molecule has 6 heteroatoms. The maximum absolute atomic E-state index is 12.1. The molecule has 1 aliphatic rings. The number of carbonyl (C=O) groups is 1. The quantitative estimate of drug-likeness (QED) is 0.904. The molecule has 2 N–H and O–H groups in total. The summed E-state index contributed by atoms with van der Waals surface area (Å²) in [5.74, 6) is -0.616. The number of benzene rings is 2. The van der Waals surface area contributed by atoms with Crippen LogP contribution < -0.4 is 10.6 Å². The smallest absolute Gasteiger partial charge is 0.228 e. The minimum Gasteiger partial charge on any atom is -0.356 e. The lowest BCUT2D eigenvalue weighted by Crippen LogP contribution is -2.23. The van der Waals surface area contributed by atoms with Gasteiger partial charge in [0, 0.05) is 17.1 Å². The molecule has 0 aromatic heterocycles. The topological polar surface area (TPSA) is 75.3 Å². The van der Waals surface area contributed by atoms with Gasteiger partial charge in [0.05, 0.1) is 17.4 Å². The molecule has 1 atom stereocenters. The van der Waals surface area contributed by atoms with Crippen LogP contribution in [0.5, 0.6) is 0 Å². The number of carbonyl (C=O) groups excluding carboxylic acids is 1. The number of hydrogen-bond donors (Lipinski definition) is 2. The summed E-state index contributed by atoms with van der Waals surface area (Å²) < 4.78 is 22.9. The van der Waals surface area contributed by atoms with Crippen LogP contribution >= 0.6 is 0 Å². The van der Waals surface area contributed by atoms with Gasteiger partial charge in [-0.05, 0) is 42.8 Å². The summed E-state index contributed by atoms with van der Waals surface area (Å²) in [5.41, 5.74) is 2.57. The van der Waals surface area contributed by atoms with Crippen molar-refractivity contribution in [1.82, 2.24) is 0 Å². The van der Waals surface area contributed by atoms with Gasteiger partial charge >= 0.3 is 0 Å². The van der Waals surface area contributed by atoms with Gasteiger partial charge in [0.25, 0.3) is 0 Å². The van der Waals surface area contributed by atoms with Crippen LogP contribution in [-0.2, 0) is 14.6 Å². The zero-order valence-electron chi connectivity index (χ0n) is 12.5. The van der Waals surface area contributed by atoms with Crippen molar-refractivity contribution in [2.75, 3.05) is 22.1 Å². The van der Waals surface area contributed by atoms with E-state index in [0.29, 0.717) is 12.1 Å². The molecule has 0 saturated carbocycles. The Kier molecular flexibility index (Phi) is 4.34. The van der Waals surface area contributed by atoms with Gasteiger partial charge in [-0.1, -0.05) is 18.2 Å². The fourth-order valence-corrected chi connectivity index (χ4v) is 4.31. The average Bonchev–Trinajstić information content (AvgIpc) is 2.90. The van der Waals surface area contributed by atoms with E-state index in [0.717, 1.165) is 11.4 Å². The Hall–Kier alpha value is -2.34. The molecule has 0 bridgehead atoms. The van der Waals surface area contributed by atoms with E-state index >= 15 is 0 Å². The number of amides is 1. The molecule has 2 aromatic rings. The lowest BCUT2D eigenvalue weighted by Gasteiger charge is -2.11. The van der Waals surface area contributed by atoms with Crippen molar-refractivity contribution in [3.8, 4) is 0 Å². The van der Waals surface area contributed by atoms with E-state index in [1.165, 1.54) is 0 Å². The maximum atomic E-state index is 12.1. The van der Waals surface area contributed by atoms with Gasteiger partial charge in [-0.3, -0.25) is 4.79 Å². The predicted octanol–water partition coefficient (Wildman–Crippen LogP) is 2.80. The van der Waals surface area contributed by atoms with E-state index < -0.39 is 15.8 Å². The zero-order valence-corrected chi connectivity index (χ0v) is 13.3. The number of rotatable bonds is 4. The minimum atomic E-state index is -3.04. The molecule has 2 aromatic carbocycles. The van der Waals surface area contributed by atoms with Crippen molar-refractivity contribution < 1.29 is 13.2 Å². The molecule has 120 valence electrons. The molecule has 23 heavy (non-hydrogen) atoms. The molecule has 5 nitrogen and oxygen atoms in total. The molecule has 1 heterocycles. The molecule has 1 amide bonds. The van der Waals surface area contributed by atoms with Gasteiger partial charge in [-0.25, -0.2) is 8.42 Å². The van der Waals surface area contributed by atoms with Crippen molar-refractivity contribution in [2.24, 2.45) is 5.92 Å². The third-order valence-electron chi connectivity index (χ3n) is 3.82. The van der Waals surface area contributed by atoms with Crippen molar-refractivity contribution in [3.05, 3.63) is 54.6 Å². The SMILES string of the molecule is O=C(Nc1ccc(Nc2ccccc2)cc1)[C@H]1CCS(=O)(=O)C1. The second-order valence-corrected chi connectivity index (χ2v) is 7.89. The van der Waals surface area contributed by atoms with Gasteiger partial charge in [0.1, 0.15) is 0 Å². The summed E-state index contributed by atoms with van der Waals surface area (Å²) in [6, 6.07) is 17.1. The minimum absolute atomic E-state index is 0.0491. The summed E-state index contributed by atoms with van der Waals surface area (Å²) in [7, 11) is -3.04. The molecular formula is C17H18N2O3S. The molecule has 1 saturated heterocycles. The number of para-hydroxylation sites is 1. The number of hydrogen-bond acceptors (Lipinski definition) is 4. The molecule has 1 aliphatic heterocycles. The van der Waals surface area contributed by atoms with Crippen LogP contribution in [0.2, 0.25) is 0 Å². The molecule has 0 aliphatic carbocycles. The van der Waals surface area contributed by atoms with Crippen LogP contribution in [0.4, 0.5) is 17.1 Å². The fraction of sp³-hybridized carbons (Fsp3) is 0.235. The molecule has 0 unspecified atom stereocenters. The molecule has 0 radical (unpaired) electrons. The average molecular weight is 330 g/mol. The van der Waals surface area contributed by atoms with Crippen molar-refractivity contribution in [2.45, 2.75) is 6.42 Å². The highest BCUT2D eigenvalue weighted by atomic mass is 32.2. The van der Waals surface area contributed by atoms with Crippen LogP contribution in [0, 0.1) is 5.92 Å². The van der Waals surface area contributed by atoms with Crippen molar-refractivity contribution in [3.63, 3.8) is 0 Å². The van der Waals surface area contributed by atoms with Gasteiger partial charge in [0.2, 0.25) is 5.91 Å². The lowest BCUT2D eigenvalue weighted by atomic mass is 10.1. The van der Waals surface area contributed by atoms with E-state index in [2.05, 4.69) is 10.6 Å². The first-order chi connectivity index (χ1) is 11.0. The molecule has 0 spiro atoms. The van der Waals surface area contributed by atoms with Gasteiger partial charge in [-0.2, -0.15) is 0 Å². The second kappa shape index (κ2) is 6.42. The van der Waals surface area contributed by atoms with E-state index in [4.69, 9.17) is 0 Å². The number of sulfone groups is 1. The summed E-state index contributed by atoms with van der Waals surface area (Å²) in [6.45, 7) is 0. The Labute approximate surface area is 135 Å². The van der Waals surface area contributed by atoms with Crippen molar-refractivity contribution in [1.29, 1.82) is 0 Å². The fourth-order valence-electron chi connectivity index (χ4n) is 2.57. The van der Waals surface area contributed by atoms with Crippen LogP contribution in [-0.4, -0.2) is 25.8 Å². The Morgan fingerprint density at radius 3 is 2.13 bits per heavy atom. The Balaban J connectivity index is 1.60. The summed E-state index contributed by atoms with van der Waals surface area (Å²) in [5, 5.41) is 6.04. The van der Waals surface area contributed by atoms with Gasteiger partial charge in [-0.15, -0.1) is 0 Å². The van der Waals surface area contributed by atoms with E-state index in [-0.39, 0.29) is 17.4 Å². The monoisotopic (exact) mass is 330 g/mol. The molecule has 3 rings (SSSR count). The Bertz CT molecular complexity index is 786. The lowest BCUT2D eigenvalue weighted by molar-refractivity contribution is -0.119. The third kappa shape index (κ3) is 4.10. The van der Waals surface area contributed by atoms with Gasteiger partial charge in [0.15, 0.2) is 9.84 Å². The first kappa shape index (κ1) is 15.6. The zero-order chi connectivity index (χ0) is 16.3. The second-order valence-electron chi connectivity index (χ2n) is 5.66. The standard InChI is InChI=1S/C17H18N2O3S/c20-17(13-10-11-23(21,22)12-13)19-16-8-6-15(7-9-16)18-14-4-2-1-3-5-14/h1-9,13,18H,10-12H2,(H,19,20)/t13-/m0/s1. The van der Waals surface area contributed by atoms with Gasteiger partial charge < -0.3 is 10.6 Å². The maximum Gasteiger partial charge on any atom is 0.228 e. The third-order valence-corrected chi connectivity index (χ3v) is 5.59. The Morgan fingerprint density at radius 1 is 0.913 bits per heavy atom. The van der Waals surface area contributed by atoms with E-state index in [1.54, 1.807) is 12.1 Å². The van der Waals surface area contributed by atoms with E-state index in [9.17, 15) is 13.2 Å². The highest BCUT2D eigenvalue weighted by Crippen LogP contribution is 2.22. The summed E-state index contributed by atoms with van der Waals surface area (Å²) in [4.78, 5) is 12.1. The predicted molar refractivity (Wildman–Crippen MR) is 91.6 cm³/mol.